The van der Waals surface area contributed by atoms with E-state index in [4.69, 9.17) is 5.73 Å². The van der Waals surface area contributed by atoms with Crippen LogP contribution in [0.5, 0.6) is 0 Å². The van der Waals surface area contributed by atoms with Crippen LogP contribution in [-0.2, 0) is 0 Å². The Labute approximate surface area is 149 Å². The Kier molecular flexibility index (Phi) is 6.40. The van der Waals surface area contributed by atoms with Crippen LogP contribution >= 0.6 is 24.8 Å². The zero-order chi connectivity index (χ0) is 15.0. The molecule has 3 rings (SSSR count). The van der Waals surface area contributed by atoms with E-state index in [1.807, 2.05) is 44.2 Å². The van der Waals surface area contributed by atoms with E-state index in [9.17, 15) is 4.79 Å². The second-order valence-electron chi connectivity index (χ2n) is 6.56. The first-order chi connectivity index (χ1) is 9.94. The Hall–Kier alpha value is -1.36. The number of benzene rings is 1. The van der Waals surface area contributed by atoms with Crippen LogP contribution in [0.4, 0.5) is 0 Å². The summed E-state index contributed by atoms with van der Waals surface area (Å²) in [6, 6.07) is 9.74. The Morgan fingerprint density at radius 2 is 1.96 bits per heavy atom. The normalized spacial score (nSPS) is 13.9. The summed E-state index contributed by atoms with van der Waals surface area (Å²) in [6.45, 7) is 4.24. The van der Waals surface area contributed by atoms with Gasteiger partial charge in [0.15, 0.2) is 0 Å². The van der Waals surface area contributed by atoms with Crippen molar-refractivity contribution in [2.45, 2.75) is 38.1 Å². The molecule has 0 bridgehead atoms. The molecule has 0 spiro atoms. The van der Waals surface area contributed by atoms with E-state index in [1.54, 1.807) is 0 Å². The van der Waals surface area contributed by atoms with Gasteiger partial charge in [0.1, 0.15) is 0 Å². The van der Waals surface area contributed by atoms with E-state index in [-0.39, 0.29) is 30.7 Å². The standard InChI is InChI=1S/C17H21N3O.2ClH/c1-17(2,18)10-19-16(21)13-9-15(11-7-8-11)20-14-6-4-3-5-12(13)14;;/h3-6,9,11H,7-8,10,18H2,1-2H3,(H,19,21);2*1H. The first-order valence-electron chi connectivity index (χ1n) is 7.41. The van der Waals surface area contributed by atoms with Crippen LogP contribution < -0.4 is 11.1 Å². The minimum atomic E-state index is -0.419. The fourth-order valence-electron chi connectivity index (χ4n) is 2.38. The molecule has 0 radical (unpaired) electrons. The van der Waals surface area contributed by atoms with Gasteiger partial charge in [0, 0.05) is 29.1 Å². The number of hydrogen-bond acceptors (Lipinski definition) is 3. The van der Waals surface area contributed by atoms with Crippen molar-refractivity contribution in [3.8, 4) is 0 Å². The lowest BCUT2D eigenvalue weighted by atomic mass is 10.0. The van der Waals surface area contributed by atoms with E-state index in [1.165, 1.54) is 12.8 Å². The number of aromatic nitrogens is 1. The molecule has 2 aromatic rings. The summed E-state index contributed by atoms with van der Waals surface area (Å²) >= 11 is 0. The van der Waals surface area contributed by atoms with E-state index >= 15 is 0 Å². The van der Waals surface area contributed by atoms with Crippen LogP contribution in [0.3, 0.4) is 0 Å². The Morgan fingerprint density at radius 3 is 2.57 bits per heavy atom. The highest BCUT2D eigenvalue weighted by Crippen LogP contribution is 2.40. The number of fused-ring (bicyclic) bond motifs is 1. The van der Waals surface area contributed by atoms with Crippen LogP contribution in [-0.4, -0.2) is 23.0 Å². The van der Waals surface area contributed by atoms with Crippen molar-refractivity contribution in [2.24, 2.45) is 5.73 Å². The SMILES string of the molecule is CC(C)(N)CNC(=O)c1cc(C2CC2)nc2ccccc12.Cl.Cl. The number of pyridine rings is 1. The van der Waals surface area contributed by atoms with Crippen LogP contribution in [0.2, 0.25) is 0 Å². The Bertz CT molecular complexity index is 694. The predicted molar refractivity (Wildman–Crippen MR) is 98.8 cm³/mol. The molecule has 1 fully saturated rings. The molecule has 1 aromatic heterocycles. The van der Waals surface area contributed by atoms with Gasteiger partial charge in [-0.05, 0) is 38.8 Å². The van der Waals surface area contributed by atoms with Crippen molar-refractivity contribution in [2.75, 3.05) is 6.54 Å². The number of halogens is 2. The van der Waals surface area contributed by atoms with Gasteiger partial charge in [0.25, 0.3) is 5.91 Å². The molecular formula is C17H23Cl2N3O. The van der Waals surface area contributed by atoms with Crippen LogP contribution in [0.25, 0.3) is 10.9 Å². The molecule has 3 N–H and O–H groups in total. The molecule has 0 saturated heterocycles. The summed E-state index contributed by atoms with van der Waals surface area (Å²) in [5.74, 6) is 0.445. The second kappa shape index (κ2) is 7.47. The third kappa shape index (κ3) is 4.80. The van der Waals surface area contributed by atoms with Crippen LogP contribution in [0, 0.1) is 0 Å². The fraction of sp³-hybridized carbons (Fsp3) is 0.412. The van der Waals surface area contributed by atoms with Crippen molar-refractivity contribution >= 4 is 41.6 Å². The monoisotopic (exact) mass is 355 g/mol. The highest BCUT2D eigenvalue weighted by atomic mass is 35.5. The number of nitrogens with one attached hydrogen (secondary N) is 1. The molecule has 4 nitrogen and oxygen atoms in total. The Balaban J connectivity index is 0.00000132. The van der Waals surface area contributed by atoms with Crippen molar-refractivity contribution in [3.63, 3.8) is 0 Å². The predicted octanol–water partition coefficient (Wildman–Crippen LogP) is 3.42. The van der Waals surface area contributed by atoms with E-state index in [2.05, 4.69) is 10.3 Å². The molecule has 0 unspecified atom stereocenters. The topological polar surface area (TPSA) is 68.0 Å². The average Bonchev–Trinajstić information content (AvgIpc) is 3.27. The van der Waals surface area contributed by atoms with Crippen LogP contribution in [0.15, 0.2) is 30.3 Å². The van der Waals surface area contributed by atoms with Crippen molar-refractivity contribution in [1.29, 1.82) is 0 Å². The minimum absolute atomic E-state index is 0. The summed E-state index contributed by atoms with van der Waals surface area (Å²) < 4.78 is 0. The van der Waals surface area contributed by atoms with E-state index in [0.29, 0.717) is 18.0 Å². The summed E-state index contributed by atoms with van der Waals surface area (Å²) in [5.41, 5.74) is 8.14. The van der Waals surface area contributed by atoms with Gasteiger partial charge in [0.05, 0.1) is 11.1 Å². The second-order valence-corrected chi connectivity index (χ2v) is 6.56. The molecule has 1 saturated carbocycles. The fourth-order valence-corrected chi connectivity index (χ4v) is 2.38. The molecule has 1 aliphatic carbocycles. The lowest BCUT2D eigenvalue weighted by molar-refractivity contribution is 0.0947. The lowest BCUT2D eigenvalue weighted by Crippen LogP contribution is -2.45. The molecule has 1 heterocycles. The van der Waals surface area contributed by atoms with Gasteiger partial charge >= 0.3 is 0 Å². The van der Waals surface area contributed by atoms with Crippen molar-refractivity contribution < 1.29 is 4.79 Å². The largest absolute Gasteiger partial charge is 0.350 e. The van der Waals surface area contributed by atoms with Gasteiger partial charge in [-0.15, -0.1) is 24.8 Å². The molecular weight excluding hydrogens is 333 g/mol. The van der Waals surface area contributed by atoms with Gasteiger partial charge in [0.2, 0.25) is 0 Å². The number of carbonyl (C=O) groups excluding carboxylic acids is 1. The molecule has 1 aromatic carbocycles. The van der Waals surface area contributed by atoms with Crippen LogP contribution in [0.1, 0.15) is 48.7 Å². The third-order valence-corrected chi connectivity index (χ3v) is 3.68. The molecule has 23 heavy (non-hydrogen) atoms. The van der Waals surface area contributed by atoms with Crippen molar-refractivity contribution in [1.82, 2.24) is 10.3 Å². The average molecular weight is 356 g/mol. The summed E-state index contributed by atoms with van der Waals surface area (Å²) in [7, 11) is 0. The van der Waals surface area contributed by atoms with Crippen molar-refractivity contribution in [3.05, 3.63) is 41.6 Å². The first kappa shape index (κ1) is 19.7. The van der Waals surface area contributed by atoms with E-state index in [0.717, 1.165) is 16.6 Å². The smallest absolute Gasteiger partial charge is 0.252 e. The molecule has 1 aliphatic rings. The maximum Gasteiger partial charge on any atom is 0.252 e. The lowest BCUT2D eigenvalue weighted by Gasteiger charge is -2.19. The van der Waals surface area contributed by atoms with Gasteiger partial charge in [-0.3, -0.25) is 9.78 Å². The zero-order valence-electron chi connectivity index (χ0n) is 13.3. The number of nitrogens with two attached hydrogens (primary N) is 1. The summed E-state index contributed by atoms with van der Waals surface area (Å²) in [5, 5.41) is 3.82. The van der Waals surface area contributed by atoms with Gasteiger partial charge < -0.3 is 11.1 Å². The minimum Gasteiger partial charge on any atom is -0.350 e. The highest BCUT2D eigenvalue weighted by molar-refractivity contribution is 6.06. The maximum atomic E-state index is 12.5. The number of para-hydroxylation sites is 1. The zero-order valence-corrected chi connectivity index (χ0v) is 15.0. The number of nitrogens with zero attached hydrogens (tertiary/aromatic N) is 1. The van der Waals surface area contributed by atoms with Gasteiger partial charge in [-0.2, -0.15) is 0 Å². The summed E-state index contributed by atoms with van der Waals surface area (Å²) in [6.07, 6.45) is 2.34. The molecule has 6 heteroatoms. The molecule has 0 aliphatic heterocycles. The maximum absolute atomic E-state index is 12.5. The highest BCUT2D eigenvalue weighted by Gasteiger charge is 2.27. The van der Waals surface area contributed by atoms with Gasteiger partial charge in [-0.1, -0.05) is 18.2 Å². The number of rotatable bonds is 4. The molecule has 0 atom stereocenters. The number of amides is 1. The Morgan fingerprint density at radius 1 is 1.30 bits per heavy atom. The summed E-state index contributed by atoms with van der Waals surface area (Å²) in [4.78, 5) is 17.2. The quantitative estimate of drug-likeness (QED) is 0.882. The molecule has 1 amide bonds. The molecule has 126 valence electrons. The van der Waals surface area contributed by atoms with E-state index < -0.39 is 5.54 Å². The number of carbonyl (C=O) groups is 1. The first-order valence-corrected chi connectivity index (χ1v) is 7.41. The van der Waals surface area contributed by atoms with Gasteiger partial charge in [-0.25, -0.2) is 0 Å². The third-order valence-electron chi connectivity index (χ3n) is 3.68. The number of hydrogen-bond donors (Lipinski definition) is 2.